The lowest BCUT2D eigenvalue weighted by molar-refractivity contribution is -0.289. The van der Waals surface area contributed by atoms with Crippen LogP contribution in [0.15, 0.2) is 0 Å². The van der Waals surface area contributed by atoms with Gasteiger partial charge in [0.25, 0.3) is 0 Å². The van der Waals surface area contributed by atoms with Crippen molar-refractivity contribution in [3.05, 3.63) is 0 Å². The predicted octanol–water partition coefficient (Wildman–Crippen LogP) is 1.21. The zero-order chi connectivity index (χ0) is 31.6. The van der Waals surface area contributed by atoms with Crippen LogP contribution in [0.3, 0.4) is 0 Å². The molecule has 11 nitrogen and oxygen atoms in total. The first-order valence-electron chi connectivity index (χ1n) is 17.1. The van der Waals surface area contributed by atoms with E-state index in [2.05, 4.69) is 13.8 Å². The molecule has 6 aliphatic rings. The standard InChI is InChI=1S/C33H56O11/c1-17(34)20-8-11-33(40)22-5-4-18-12-19(6-9-31(18,2)21(22)7-10-32(20,33)3)41-15-26-30(39)24(36)14-28(44-26)42-16-25-29(38)23(35)13-27(37)43-25/h17-30,34-40H,4-16H2,1-3H3/t17-,18-,19-,20?,21-,22+,23+,24+,25-,26-,27-,28-,29+,30+,31-,32+,33+/m0/s1. The van der Waals surface area contributed by atoms with Crippen molar-refractivity contribution in [2.24, 2.45) is 34.5 Å². The van der Waals surface area contributed by atoms with E-state index in [9.17, 15) is 35.7 Å². The Morgan fingerprint density at radius 2 is 1.43 bits per heavy atom. The SMILES string of the molecule is C[C@H](O)C1CC[C@@]2(O)[C@@H]3CC[C@H]4C[C@@H](OC[C@@H]5O[C@H](OC[C@@H]6O[C@H](O)C[C@@H](O)[C@H]6O)C[C@@H](O)[C@H]5O)CC[C@]4(C)[C@H]3CC[C@]12C. The van der Waals surface area contributed by atoms with Gasteiger partial charge in [-0.1, -0.05) is 13.8 Å². The fraction of sp³-hybridized carbons (Fsp3) is 1.00. The van der Waals surface area contributed by atoms with Crippen molar-refractivity contribution >= 4 is 0 Å². The fourth-order valence-corrected chi connectivity index (χ4v) is 10.8. The average Bonchev–Trinajstić information content (AvgIpc) is 3.26. The van der Waals surface area contributed by atoms with Crippen LogP contribution >= 0.6 is 0 Å². The van der Waals surface area contributed by atoms with Gasteiger partial charge in [0.05, 0.1) is 43.2 Å². The summed E-state index contributed by atoms with van der Waals surface area (Å²) in [4.78, 5) is 0. The van der Waals surface area contributed by atoms with Crippen molar-refractivity contribution in [3.63, 3.8) is 0 Å². The van der Waals surface area contributed by atoms with E-state index < -0.39 is 60.9 Å². The molecule has 0 spiro atoms. The lowest BCUT2D eigenvalue weighted by Gasteiger charge is -2.64. The van der Waals surface area contributed by atoms with Crippen molar-refractivity contribution in [1.82, 2.24) is 0 Å². The fourth-order valence-electron chi connectivity index (χ4n) is 10.8. The van der Waals surface area contributed by atoms with Crippen LogP contribution in [0, 0.1) is 34.5 Å². The maximum Gasteiger partial charge on any atom is 0.160 e. The van der Waals surface area contributed by atoms with Crippen LogP contribution in [0.2, 0.25) is 0 Å². The Kier molecular flexibility index (Phi) is 9.54. The summed E-state index contributed by atoms with van der Waals surface area (Å²) in [5, 5.41) is 73.8. The van der Waals surface area contributed by atoms with Crippen molar-refractivity contribution in [2.45, 2.75) is 158 Å². The average molecular weight is 629 g/mol. The van der Waals surface area contributed by atoms with Crippen LogP contribution in [0.5, 0.6) is 0 Å². The van der Waals surface area contributed by atoms with Gasteiger partial charge in [0, 0.05) is 18.3 Å². The van der Waals surface area contributed by atoms with Gasteiger partial charge in [-0.2, -0.15) is 0 Å². The van der Waals surface area contributed by atoms with Crippen molar-refractivity contribution in [3.8, 4) is 0 Å². The number of hydrogen-bond donors (Lipinski definition) is 7. The molecule has 4 saturated carbocycles. The highest BCUT2D eigenvalue weighted by Gasteiger charge is 2.67. The Bertz CT molecular complexity index is 999. The zero-order valence-electron chi connectivity index (χ0n) is 26.5. The first-order chi connectivity index (χ1) is 20.8. The summed E-state index contributed by atoms with van der Waals surface area (Å²) in [5.74, 6) is 1.35. The first kappa shape index (κ1) is 33.5. The highest BCUT2D eigenvalue weighted by molar-refractivity contribution is 5.17. The Hall–Kier alpha value is -0.440. The van der Waals surface area contributed by atoms with E-state index >= 15 is 0 Å². The van der Waals surface area contributed by atoms with E-state index in [-0.39, 0.29) is 54.8 Å². The molecule has 0 aromatic heterocycles. The first-order valence-corrected chi connectivity index (χ1v) is 17.1. The van der Waals surface area contributed by atoms with E-state index in [1.807, 2.05) is 6.92 Å². The Morgan fingerprint density at radius 3 is 2.16 bits per heavy atom. The van der Waals surface area contributed by atoms with E-state index in [4.69, 9.17) is 18.9 Å². The maximum atomic E-state index is 12.2. The van der Waals surface area contributed by atoms with Gasteiger partial charge in [-0.3, -0.25) is 0 Å². The third kappa shape index (κ3) is 5.70. The maximum absolute atomic E-state index is 12.2. The van der Waals surface area contributed by atoms with Gasteiger partial charge in [-0.05, 0) is 93.8 Å². The summed E-state index contributed by atoms with van der Waals surface area (Å²) < 4.78 is 23.3. The molecule has 7 N–H and O–H groups in total. The number of ether oxygens (including phenoxy) is 4. The smallest absolute Gasteiger partial charge is 0.160 e. The van der Waals surface area contributed by atoms with Crippen molar-refractivity contribution in [1.29, 1.82) is 0 Å². The summed E-state index contributed by atoms with van der Waals surface area (Å²) in [6.07, 6.45) is -0.246. The minimum absolute atomic E-state index is 0.00988. The molecule has 6 fully saturated rings. The topological polar surface area (TPSA) is 179 Å². The molecular weight excluding hydrogens is 572 g/mol. The summed E-state index contributed by atoms with van der Waals surface area (Å²) in [7, 11) is 0. The second kappa shape index (κ2) is 12.5. The molecule has 17 atom stereocenters. The lowest BCUT2D eigenvalue weighted by Crippen LogP contribution is -2.62. The molecule has 0 amide bonds. The highest BCUT2D eigenvalue weighted by Crippen LogP contribution is 2.69. The Labute approximate surface area is 260 Å². The molecule has 0 bridgehead atoms. The molecule has 4 aliphatic carbocycles. The summed E-state index contributed by atoms with van der Waals surface area (Å²) in [6.45, 7) is 6.48. The summed E-state index contributed by atoms with van der Waals surface area (Å²) in [6, 6.07) is 0. The molecule has 6 rings (SSSR count). The summed E-state index contributed by atoms with van der Waals surface area (Å²) >= 11 is 0. The zero-order valence-corrected chi connectivity index (χ0v) is 26.5. The van der Waals surface area contributed by atoms with Crippen LogP contribution in [0.25, 0.3) is 0 Å². The van der Waals surface area contributed by atoms with E-state index in [0.29, 0.717) is 11.8 Å². The Balaban J connectivity index is 1.03. The van der Waals surface area contributed by atoms with Crippen LogP contribution in [-0.2, 0) is 18.9 Å². The molecule has 254 valence electrons. The van der Waals surface area contributed by atoms with Gasteiger partial charge in [0.2, 0.25) is 0 Å². The minimum atomic E-state index is -1.22. The largest absolute Gasteiger partial charge is 0.393 e. The van der Waals surface area contributed by atoms with Gasteiger partial charge < -0.3 is 54.7 Å². The van der Waals surface area contributed by atoms with Crippen molar-refractivity contribution in [2.75, 3.05) is 13.2 Å². The highest BCUT2D eigenvalue weighted by atomic mass is 16.7. The van der Waals surface area contributed by atoms with E-state index in [1.54, 1.807) is 0 Å². The number of hydrogen-bond acceptors (Lipinski definition) is 11. The third-order valence-corrected chi connectivity index (χ3v) is 13.5. The second-order valence-electron chi connectivity index (χ2n) is 15.6. The minimum Gasteiger partial charge on any atom is -0.393 e. The second-order valence-corrected chi connectivity index (χ2v) is 15.6. The molecule has 1 unspecified atom stereocenters. The summed E-state index contributed by atoms with van der Waals surface area (Å²) in [5.41, 5.74) is -0.816. The molecule has 2 heterocycles. The molecular formula is C33H56O11. The molecule has 44 heavy (non-hydrogen) atoms. The molecule has 0 radical (unpaired) electrons. The van der Waals surface area contributed by atoms with Crippen LogP contribution in [0.4, 0.5) is 0 Å². The quantitative estimate of drug-likeness (QED) is 0.216. The number of rotatable bonds is 7. The van der Waals surface area contributed by atoms with Crippen LogP contribution < -0.4 is 0 Å². The normalized spacial score (nSPS) is 55.1. The lowest BCUT2D eigenvalue weighted by atomic mass is 9.43. The number of aliphatic hydroxyl groups excluding tert-OH is 6. The van der Waals surface area contributed by atoms with Gasteiger partial charge in [-0.25, -0.2) is 0 Å². The van der Waals surface area contributed by atoms with Crippen LogP contribution in [-0.4, -0.2) is 116 Å². The van der Waals surface area contributed by atoms with Crippen LogP contribution in [0.1, 0.15) is 91.4 Å². The van der Waals surface area contributed by atoms with Gasteiger partial charge in [0.15, 0.2) is 12.6 Å². The number of aliphatic hydroxyl groups is 7. The molecule has 11 heteroatoms. The third-order valence-electron chi connectivity index (χ3n) is 13.5. The number of fused-ring (bicyclic) bond motifs is 5. The predicted molar refractivity (Wildman–Crippen MR) is 157 cm³/mol. The molecule has 2 saturated heterocycles. The van der Waals surface area contributed by atoms with Gasteiger partial charge in [-0.15, -0.1) is 0 Å². The van der Waals surface area contributed by atoms with E-state index in [1.165, 1.54) is 0 Å². The monoisotopic (exact) mass is 628 g/mol. The van der Waals surface area contributed by atoms with Crippen molar-refractivity contribution < 1.29 is 54.7 Å². The molecule has 0 aromatic carbocycles. The molecule has 2 aliphatic heterocycles. The van der Waals surface area contributed by atoms with Gasteiger partial charge in [0.1, 0.15) is 24.4 Å². The molecule has 0 aromatic rings. The Morgan fingerprint density at radius 1 is 0.750 bits per heavy atom. The van der Waals surface area contributed by atoms with E-state index in [0.717, 1.165) is 57.8 Å². The van der Waals surface area contributed by atoms with Gasteiger partial charge >= 0.3 is 0 Å².